The number of ether oxygens (including phenoxy) is 1. The standard InChI is InChI=1S/C20H32O4/c1-18(11-21)8-13(22)9-19(2)14-6-17-20(3,16(23)10-24-17)7-12(14)4-5-15(18)19/h7,13-17,21-23H,4-6,8-11H2,1-3H3/t13-,14-,15-,16+,17+,18+,19+,20+/m1/s1. The highest BCUT2D eigenvalue weighted by atomic mass is 16.5. The molecule has 4 heteroatoms. The smallest absolute Gasteiger partial charge is 0.0886 e. The third-order valence-electron chi connectivity index (χ3n) is 8.15. The molecule has 1 heterocycles. The summed E-state index contributed by atoms with van der Waals surface area (Å²) in [6.45, 7) is 7.16. The van der Waals surface area contributed by atoms with E-state index in [1.54, 1.807) is 0 Å². The molecular formula is C20H32O4. The van der Waals surface area contributed by atoms with E-state index in [1.165, 1.54) is 5.57 Å². The highest BCUT2D eigenvalue weighted by molar-refractivity contribution is 5.28. The van der Waals surface area contributed by atoms with E-state index < -0.39 is 6.10 Å². The Balaban J connectivity index is 1.74. The van der Waals surface area contributed by atoms with Crippen LogP contribution in [0.5, 0.6) is 0 Å². The average molecular weight is 336 g/mol. The first-order chi connectivity index (χ1) is 11.2. The van der Waals surface area contributed by atoms with Gasteiger partial charge in [-0.15, -0.1) is 0 Å². The Bertz CT molecular complexity index is 560. The summed E-state index contributed by atoms with van der Waals surface area (Å²) in [6.07, 6.45) is 6.17. The molecule has 0 aromatic heterocycles. The zero-order valence-corrected chi connectivity index (χ0v) is 15.2. The van der Waals surface area contributed by atoms with Crippen LogP contribution in [-0.4, -0.2) is 46.8 Å². The van der Waals surface area contributed by atoms with Gasteiger partial charge in [-0.25, -0.2) is 0 Å². The maximum Gasteiger partial charge on any atom is 0.0886 e. The Kier molecular flexibility index (Phi) is 3.75. The van der Waals surface area contributed by atoms with Crippen molar-refractivity contribution in [3.63, 3.8) is 0 Å². The molecule has 3 aliphatic carbocycles. The fourth-order valence-corrected chi connectivity index (χ4v) is 6.84. The molecule has 4 aliphatic rings. The molecule has 0 aromatic carbocycles. The average Bonchev–Trinajstić information content (AvgIpc) is 2.79. The van der Waals surface area contributed by atoms with Gasteiger partial charge in [-0.1, -0.05) is 32.4 Å². The number of aliphatic hydroxyl groups is 3. The Hall–Kier alpha value is -0.420. The Morgan fingerprint density at radius 3 is 2.67 bits per heavy atom. The van der Waals surface area contributed by atoms with Crippen molar-refractivity contribution < 1.29 is 20.1 Å². The van der Waals surface area contributed by atoms with Gasteiger partial charge in [0, 0.05) is 12.0 Å². The second-order valence-electron chi connectivity index (χ2n) is 9.68. The molecule has 0 aromatic rings. The number of hydrogen-bond acceptors (Lipinski definition) is 4. The van der Waals surface area contributed by atoms with E-state index in [9.17, 15) is 15.3 Å². The van der Waals surface area contributed by atoms with Gasteiger partial charge in [0.2, 0.25) is 0 Å². The van der Waals surface area contributed by atoms with Crippen molar-refractivity contribution >= 4 is 0 Å². The molecule has 0 spiro atoms. The predicted octanol–water partition coefficient (Wildman–Crippen LogP) is 2.27. The fourth-order valence-electron chi connectivity index (χ4n) is 6.84. The molecule has 3 fully saturated rings. The quantitative estimate of drug-likeness (QED) is 0.643. The van der Waals surface area contributed by atoms with Crippen LogP contribution in [0.25, 0.3) is 0 Å². The van der Waals surface area contributed by atoms with Crippen LogP contribution in [0.15, 0.2) is 11.6 Å². The van der Waals surface area contributed by atoms with Gasteiger partial charge < -0.3 is 20.1 Å². The van der Waals surface area contributed by atoms with Crippen LogP contribution in [-0.2, 0) is 4.74 Å². The van der Waals surface area contributed by atoms with Crippen LogP contribution in [0, 0.1) is 28.1 Å². The number of allylic oxidation sites excluding steroid dienone is 1. The van der Waals surface area contributed by atoms with E-state index >= 15 is 0 Å². The fraction of sp³-hybridized carbons (Fsp3) is 0.900. The SMILES string of the molecule is C[C@@]1(CO)C[C@@H](O)C[C@@]2(C)[C@@H]3C[C@@H]4OC[C@H](O)[C@]4(C)C=C3CC[C@H]12. The summed E-state index contributed by atoms with van der Waals surface area (Å²) >= 11 is 0. The first kappa shape index (κ1) is 17.0. The molecule has 4 nitrogen and oxygen atoms in total. The van der Waals surface area contributed by atoms with Crippen LogP contribution in [0.1, 0.15) is 52.9 Å². The van der Waals surface area contributed by atoms with Crippen molar-refractivity contribution in [1.82, 2.24) is 0 Å². The summed E-state index contributed by atoms with van der Waals surface area (Å²) in [6, 6.07) is 0. The normalized spacial score (nSPS) is 56.9. The van der Waals surface area contributed by atoms with E-state index in [-0.39, 0.29) is 35.1 Å². The maximum absolute atomic E-state index is 10.5. The van der Waals surface area contributed by atoms with Gasteiger partial charge in [0.15, 0.2) is 0 Å². The van der Waals surface area contributed by atoms with E-state index in [0.29, 0.717) is 24.9 Å². The van der Waals surface area contributed by atoms with E-state index in [4.69, 9.17) is 4.74 Å². The van der Waals surface area contributed by atoms with E-state index in [2.05, 4.69) is 26.8 Å². The molecule has 136 valence electrons. The van der Waals surface area contributed by atoms with Gasteiger partial charge in [-0.2, -0.15) is 0 Å². The lowest BCUT2D eigenvalue weighted by molar-refractivity contribution is -0.139. The summed E-state index contributed by atoms with van der Waals surface area (Å²) in [5.74, 6) is 0.816. The van der Waals surface area contributed by atoms with Crippen LogP contribution < -0.4 is 0 Å². The summed E-state index contributed by atoms with van der Waals surface area (Å²) < 4.78 is 5.94. The summed E-state index contributed by atoms with van der Waals surface area (Å²) in [7, 11) is 0. The predicted molar refractivity (Wildman–Crippen MR) is 91.3 cm³/mol. The second-order valence-corrected chi connectivity index (χ2v) is 9.68. The maximum atomic E-state index is 10.5. The number of rotatable bonds is 1. The minimum Gasteiger partial charge on any atom is -0.396 e. The van der Waals surface area contributed by atoms with Crippen molar-refractivity contribution in [2.45, 2.75) is 71.2 Å². The molecular weight excluding hydrogens is 304 g/mol. The number of fused-ring (bicyclic) bond motifs is 4. The van der Waals surface area contributed by atoms with Gasteiger partial charge >= 0.3 is 0 Å². The van der Waals surface area contributed by atoms with Gasteiger partial charge in [0.05, 0.1) is 24.9 Å². The topological polar surface area (TPSA) is 69.9 Å². The largest absolute Gasteiger partial charge is 0.396 e. The highest BCUT2D eigenvalue weighted by Crippen LogP contribution is 2.64. The lowest BCUT2D eigenvalue weighted by atomic mass is 9.44. The molecule has 1 aliphatic heterocycles. The molecule has 0 bridgehead atoms. The van der Waals surface area contributed by atoms with Crippen LogP contribution in [0.2, 0.25) is 0 Å². The molecule has 0 unspecified atom stereocenters. The lowest BCUT2D eigenvalue weighted by Crippen LogP contribution is -2.57. The van der Waals surface area contributed by atoms with E-state index in [1.807, 2.05) is 0 Å². The van der Waals surface area contributed by atoms with Crippen molar-refractivity contribution in [3.05, 3.63) is 11.6 Å². The van der Waals surface area contributed by atoms with Gasteiger partial charge in [0.1, 0.15) is 0 Å². The minimum absolute atomic E-state index is 0.00252. The molecule has 2 saturated carbocycles. The Morgan fingerprint density at radius 1 is 1.21 bits per heavy atom. The summed E-state index contributed by atoms with van der Waals surface area (Å²) in [4.78, 5) is 0. The van der Waals surface area contributed by atoms with Crippen LogP contribution in [0.4, 0.5) is 0 Å². The molecule has 8 atom stereocenters. The van der Waals surface area contributed by atoms with Crippen LogP contribution >= 0.6 is 0 Å². The second kappa shape index (κ2) is 5.29. The Morgan fingerprint density at radius 2 is 1.96 bits per heavy atom. The minimum atomic E-state index is -0.416. The van der Waals surface area contributed by atoms with Crippen LogP contribution in [0.3, 0.4) is 0 Å². The van der Waals surface area contributed by atoms with Crippen molar-refractivity contribution in [2.75, 3.05) is 13.2 Å². The van der Waals surface area contributed by atoms with Gasteiger partial charge in [-0.3, -0.25) is 0 Å². The zero-order valence-electron chi connectivity index (χ0n) is 15.2. The summed E-state index contributed by atoms with van der Waals surface area (Å²) in [5.41, 5.74) is 0.987. The lowest BCUT2D eigenvalue weighted by Gasteiger charge is -2.61. The monoisotopic (exact) mass is 336 g/mol. The molecule has 3 N–H and O–H groups in total. The zero-order chi connectivity index (χ0) is 17.3. The summed E-state index contributed by atoms with van der Waals surface area (Å²) in [5, 5.41) is 31.0. The molecule has 4 rings (SSSR count). The van der Waals surface area contributed by atoms with Crippen molar-refractivity contribution in [2.24, 2.45) is 28.1 Å². The van der Waals surface area contributed by atoms with Crippen molar-refractivity contribution in [3.8, 4) is 0 Å². The first-order valence-electron chi connectivity index (χ1n) is 9.53. The molecule has 0 radical (unpaired) electrons. The molecule has 1 saturated heterocycles. The van der Waals surface area contributed by atoms with Gasteiger partial charge in [0.25, 0.3) is 0 Å². The van der Waals surface area contributed by atoms with Gasteiger partial charge in [-0.05, 0) is 54.8 Å². The number of hydrogen-bond donors (Lipinski definition) is 3. The van der Waals surface area contributed by atoms with E-state index in [0.717, 1.165) is 25.7 Å². The first-order valence-corrected chi connectivity index (χ1v) is 9.53. The third kappa shape index (κ3) is 2.13. The third-order valence-corrected chi connectivity index (χ3v) is 8.15. The highest BCUT2D eigenvalue weighted by Gasteiger charge is 2.60. The molecule has 0 amide bonds. The van der Waals surface area contributed by atoms with Crippen molar-refractivity contribution in [1.29, 1.82) is 0 Å². The molecule has 24 heavy (non-hydrogen) atoms. The Labute approximate surface area is 144 Å². The number of aliphatic hydroxyl groups excluding tert-OH is 3.